The molecule has 17 heavy (non-hydrogen) atoms. The van der Waals surface area contributed by atoms with Crippen LogP contribution in [-0.2, 0) is 6.54 Å². The highest BCUT2D eigenvalue weighted by molar-refractivity contribution is 6.35. The Labute approximate surface area is 108 Å². The van der Waals surface area contributed by atoms with Gasteiger partial charge >= 0.3 is 0 Å². The Hall–Kier alpha value is -0.990. The number of rotatable bonds is 6. The summed E-state index contributed by atoms with van der Waals surface area (Å²) in [7, 11) is 0. The maximum absolute atomic E-state index is 6.14. The molecule has 1 aromatic heterocycles. The first kappa shape index (κ1) is 12.5. The molecule has 2 rings (SSSR count). The molecule has 1 aromatic carbocycles. The van der Waals surface area contributed by atoms with Gasteiger partial charge in [0.15, 0.2) is 0 Å². The van der Waals surface area contributed by atoms with Gasteiger partial charge in [0.2, 0.25) is 0 Å². The van der Waals surface area contributed by atoms with E-state index in [4.69, 9.17) is 11.6 Å². The SMILES string of the molecule is CCCCNCCn1ccc2c(Cl)cccc21. The molecule has 0 saturated heterocycles. The van der Waals surface area contributed by atoms with Crippen molar-refractivity contribution in [1.82, 2.24) is 9.88 Å². The van der Waals surface area contributed by atoms with E-state index in [-0.39, 0.29) is 0 Å². The smallest absolute Gasteiger partial charge is 0.0499 e. The van der Waals surface area contributed by atoms with Gasteiger partial charge in [-0.25, -0.2) is 0 Å². The Morgan fingerprint density at radius 2 is 2.12 bits per heavy atom. The maximum atomic E-state index is 6.14. The second-order valence-corrected chi connectivity index (χ2v) is 4.69. The minimum Gasteiger partial charge on any atom is -0.346 e. The molecule has 0 aliphatic carbocycles. The van der Waals surface area contributed by atoms with Crippen LogP contribution in [0, 0.1) is 0 Å². The molecule has 1 heterocycles. The molecule has 2 nitrogen and oxygen atoms in total. The molecule has 1 N–H and O–H groups in total. The Morgan fingerprint density at radius 3 is 2.94 bits per heavy atom. The maximum Gasteiger partial charge on any atom is 0.0499 e. The van der Waals surface area contributed by atoms with Gasteiger partial charge in [0.1, 0.15) is 0 Å². The van der Waals surface area contributed by atoms with Crippen LogP contribution < -0.4 is 5.32 Å². The van der Waals surface area contributed by atoms with Gasteiger partial charge in [-0.2, -0.15) is 0 Å². The summed E-state index contributed by atoms with van der Waals surface area (Å²) < 4.78 is 2.25. The Bertz CT molecular complexity index is 476. The molecule has 0 aliphatic heterocycles. The van der Waals surface area contributed by atoms with E-state index in [1.807, 2.05) is 12.1 Å². The van der Waals surface area contributed by atoms with Crippen LogP contribution in [0.15, 0.2) is 30.5 Å². The lowest BCUT2D eigenvalue weighted by molar-refractivity contribution is 0.588. The van der Waals surface area contributed by atoms with Crippen LogP contribution in [0.3, 0.4) is 0 Å². The molecule has 0 spiro atoms. The van der Waals surface area contributed by atoms with Crippen molar-refractivity contribution in [3.05, 3.63) is 35.5 Å². The van der Waals surface area contributed by atoms with Gasteiger partial charge in [0, 0.05) is 35.2 Å². The van der Waals surface area contributed by atoms with E-state index < -0.39 is 0 Å². The number of benzene rings is 1. The first-order chi connectivity index (χ1) is 8.33. The van der Waals surface area contributed by atoms with Gasteiger partial charge in [-0.05, 0) is 31.2 Å². The monoisotopic (exact) mass is 250 g/mol. The van der Waals surface area contributed by atoms with Crippen LogP contribution in [0.2, 0.25) is 5.02 Å². The predicted molar refractivity (Wildman–Crippen MR) is 74.7 cm³/mol. The van der Waals surface area contributed by atoms with Gasteiger partial charge < -0.3 is 9.88 Å². The fraction of sp³-hybridized carbons (Fsp3) is 0.429. The van der Waals surface area contributed by atoms with Crippen molar-refractivity contribution in [1.29, 1.82) is 0 Å². The van der Waals surface area contributed by atoms with Crippen LogP contribution >= 0.6 is 11.6 Å². The zero-order valence-corrected chi connectivity index (χ0v) is 11.0. The van der Waals surface area contributed by atoms with Gasteiger partial charge in [-0.1, -0.05) is 31.0 Å². The number of unbranched alkanes of at least 4 members (excludes halogenated alkanes) is 1. The number of hydrogen-bond donors (Lipinski definition) is 1. The molecule has 0 unspecified atom stereocenters. The third-order valence-electron chi connectivity index (χ3n) is 3.00. The zero-order valence-electron chi connectivity index (χ0n) is 10.2. The van der Waals surface area contributed by atoms with E-state index in [2.05, 4.69) is 35.1 Å². The minimum absolute atomic E-state index is 0.834. The summed E-state index contributed by atoms with van der Waals surface area (Å²) in [6, 6.07) is 8.15. The van der Waals surface area contributed by atoms with Crippen molar-refractivity contribution < 1.29 is 0 Å². The Morgan fingerprint density at radius 1 is 1.24 bits per heavy atom. The highest BCUT2D eigenvalue weighted by Gasteiger charge is 2.02. The molecule has 0 radical (unpaired) electrons. The first-order valence-corrected chi connectivity index (χ1v) is 6.65. The fourth-order valence-corrected chi connectivity index (χ4v) is 2.24. The highest BCUT2D eigenvalue weighted by Crippen LogP contribution is 2.23. The van der Waals surface area contributed by atoms with Crippen LogP contribution in [0.5, 0.6) is 0 Å². The van der Waals surface area contributed by atoms with E-state index in [0.29, 0.717) is 0 Å². The third-order valence-corrected chi connectivity index (χ3v) is 3.33. The van der Waals surface area contributed by atoms with E-state index >= 15 is 0 Å². The van der Waals surface area contributed by atoms with E-state index in [1.54, 1.807) is 0 Å². The summed E-state index contributed by atoms with van der Waals surface area (Å²) in [5.74, 6) is 0. The van der Waals surface area contributed by atoms with Crippen LogP contribution in [-0.4, -0.2) is 17.7 Å². The van der Waals surface area contributed by atoms with Crippen LogP contribution in [0.1, 0.15) is 19.8 Å². The van der Waals surface area contributed by atoms with Gasteiger partial charge in [-0.15, -0.1) is 0 Å². The van der Waals surface area contributed by atoms with Gasteiger partial charge in [0.05, 0.1) is 0 Å². The molecule has 0 aliphatic rings. The molecular formula is C14H19ClN2. The van der Waals surface area contributed by atoms with Gasteiger partial charge in [0.25, 0.3) is 0 Å². The number of nitrogens with one attached hydrogen (secondary N) is 1. The van der Waals surface area contributed by atoms with Crippen molar-refractivity contribution in [2.75, 3.05) is 13.1 Å². The second kappa shape index (κ2) is 6.08. The van der Waals surface area contributed by atoms with Crippen molar-refractivity contribution in [3.8, 4) is 0 Å². The summed E-state index contributed by atoms with van der Waals surface area (Å²) >= 11 is 6.14. The van der Waals surface area contributed by atoms with Gasteiger partial charge in [-0.3, -0.25) is 0 Å². The van der Waals surface area contributed by atoms with Crippen LogP contribution in [0.25, 0.3) is 10.9 Å². The zero-order chi connectivity index (χ0) is 12.1. The van der Waals surface area contributed by atoms with E-state index in [9.17, 15) is 0 Å². The number of halogens is 1. The summed E-state index contributed by atoms with van der Waals surface area (Å²) in [5.41, 5.74) is 1.22. The molecule has 92 valence electrons. The summed E-state index contributed by atoms with van der Waals surface area (Å²) in [5, 5.41) is 5.43. The average Bonchev–Trinajstić information content (AvgIpc) is 2.74. The fourth-order valence-electron chi connectivity index (χ4n) is 2.01. The standard InChI is InChI=1S/C14H19ClN2/c1-2-3-8-16-9-11-17-10-7-12-13(15)5-4-6-14(12)17/h4-7,10,16H,2-3,8-9,11H2,1H3. The molecule has 0 fully saturated rings. The normalized spacial score (nSPS) is 11.2. The molecule has 0 bridgehead atoms. The number of hydrogen-bond acceptors (Lipinski definition) is 1. The lowest BCUT2D eigenvalue weighted by Crippen LogP contribution is -2.20. The summed E-state index contributed by atoms with van der Waals surface area (Å²) in [4.78, 5) is 0. The number of aromatic nitrogens is 1. The van der Waals surface area contributed by atoms with Crippen molar-refractivity contribution in [3.63, 3.8) is 0 Å². The molecule has 0 saturated carbocycles. The second-order valence-electron chi connectivity index (χ2n) is 4.29. The quantitative estimate of drug-likeness (QED) is 0.774. The molecular weight excluding hydrogens is 232 g/mol. The topological polar surface area (TPSA) is 17.0 Å². The number of nitrogens with zero attached hydrogens (tertiary/aromatic N) is 1. The third kappa shape index (κ3) is 3.02. The number of fused-ring (bicyclic) bond motifs is 1. The predicted octanol–water partition coefficient (Wildman–Crippen LogP) is 3.68. The Balaban J connectivity index is 1.97. The van der Waals surface area contributed by atoms with Crippen molar-refractivity contribution in [2.45, 2.75) is 26.3 Å². The van der Waals surface area contributed by atoms with E-state index in [1.165, 1.54) is 18.4 Å². The first-order valence-electron chi connectivity index (χ1n) is 6.27. The lowest BCUT2D eigenvalue weighted by Gasteiger charge is -2.07. The Kier molecular flexibility index (Phi) is 4.46. The van der Waals surface area contributed by atoms with E-state index in [0.717, 1.165) is 30.0 Å². The summed E-state index contributed by atoms with van der Waals surface area (Å²) in [6.07, 6.45) is 4.60. The lowest BCUT2D eigenvalue weighted by atomic mass is 10.2. The molecule has 0 atom stereocenters. The molecule has 0 amide bonds. The highest BCUT2D eigenvalue weighted by atomic mass is 35.5. The molecule has 3 heteroatoms. The average molecular weight is 251 g/mol. The van der Waals surface area contributed by atoms with Crippen molar-refractivity contribution >= 4 is 22.5 Å². The molecule has 2 aromatic rings. The van der Waals surface area contributed by atoms with Crippen molar-refractivity contribution in [2.24, 2.45) is 0 Å². The largest absolute Gasteiger partial charge is 0.346 e. The minimum atomic E-state index is 0.834. The summed E-state index contributed by atoms with van der Waals surface area (Å²) in [6.45, 7) is 5.32. The van der Waals surface area contributed by atoms with Crippen LogP contribution in [0.4, 0.5) is 0 Å².